The molecule has 2 N–H and O–H groups in total. The standard InChI is InChI=1S/C14H15FN4O2/c1-9(10-3-5-11(15)6-4-10)17-14-8-12(19(20)21)7-13(16-2)18-14/h3-9H,1-2H3,(H2,16,17,18). The van der Waals surface area contributed by atoms with Gasteiger partial charge in [0, 0.05) is 13.1 Å². The van der Waals surface area contributed by atoms with E-state index < -0.39 is 4.92 Å². The Hall–Kier alpha value is -2.70. The van der Waals surface area contributed by atoms with Gasteiger partial charge in [-0.3, -0.25) is 10.1 Å². The lowest BCUT2D eigenvalue weighted by molar-refractivity contribution is -0.384. The number of hydrogen-bond acceptors (Lipinski definition) is 5. The zero-order chi connectivity index (χ0) is 15.4. The molecule has 1 heterocycles. The Morgan fingerprint density at radius 3 is 2.43 bits per heavy atom. The molecule has 1 aromatic heterocycles. The molecule has 0 aliphatic heterocycles. The molecule has 1 unspecified atom stereocenters. The van der Waals surface area contributed by atoms with Gasteiger partial charge in [0.2, 0.25) is 0 Å². The van der Waals surface area contributed by atoms with Gasteiger partial charge in [-0.25, -0.2) is 9.37 Å². The van der Waals surface area contributed by atoms with Crippen LogP contribution in [-0.2, 0) is 0 Å². The third-order valence-corrected chi connectivity index (χ3v) is 3.01. The second-order valence-corrected chi connectivity index (χ2v) is 4.52. The van der Waals surface area contributed by atoms with Crippen molar-refractivity contribution in [1.29, 1.82) is 0 Å². The molecule has 21 heavy (non-hydrogen) atoms. The fourth-order valence-corrected chi connectivity index (χ4v) is 1.88. The Morgan fingerprint density at radius 2 is 1.86 bits per heavy atom. The molecule has 1 atom stereocenters. The van der Waals surface area contributed by atoms with E-state index in [9.17, 15) is 14.5 Å². The lowest BCUT2D eigenvalue weighted by atomic mass is 10.1. The summed E-state index contributed by atoms with van der Waals surface area (Å²) in [5, 5.41) is 16.7. The number of anilines is 2. The Kier molecular flexibility index (Phi) is 4.32. The summed E-state index contributed by atoms with van der Waals surface area (Å²) in [4.78, 5) is 14.6. The predicted molar refractivity (Wildman–Crippen MR) is 78.9 cm³/mol. The Morgan fingerprint density at radius 1 is 1.24 bits per heavy atom. The lowest BCUT2D eigenvalue weighted by Crippen LogP contribution is -2.09. The van der Waals surface area contributed by atoms with Crippen LogP contribution in [0.1, 0.15) is 18.5 Å². The first-order valence-corrected chi connectivity index (χ1v) is 6.36. The average Bonchev–Trinajstić information content (AvgIpc) is 2.47. The van der Waals surface area contributed by atoms with Crippen LogP contribution in [0.2, 0.25) is 0 Å². The van der Waals surface area contributed by atoms with Crippen molar-refractivity contribution < 1.29 is 9.31 Å². The summed E-state index contributed by atoms with van der Waals surface area (Å²) < 4.78 is 12.9. The van der Waals surface area contributed by atoms with Gasteiger partial charge in [0.15, 0.2) is 0 Å². The smallest absolute Gasteiger partial charge is 0.276 e. The van der Waals surface area contributed by atoms with Gasteiger partial charge < -0.3 is 10.6 Å². The van der Waals surface area contributed by atoms with E-state index in [0.717, 1.165) is 5.56 Å². The molecule has 2 rings (SSSR count). The van der Waals surface area contributed by atoms with Crippen LogP contribution in [0.3, 0.4) is 0 Å². The van der Waals surface area contributed by atoms with Crippen molar-refractivity contribution in [3.63, 3.8) is 0 Å². The quantitative estimate of drug-likeness (QED) is 0.652. The van der Waals surface area contributed by atoms with Crippen molar-refractivity contribution in [3.8, 4) is 0 Å². The summed E-state index contributed by atoms with van der Waals surface area (Å²) in [6, 6.07) is 8.60. The van der Waals surface area contributed by atoms with Crippen molar-refractivity contribution in [2.75, 3.05) is 17.7 Å². The van der Waals surface area contributed by atoms with E-state index in [4.69, 9.17) is 0 Å². The molecule has 0 bridgehead atoms. The van der Waals surface area contributed by atoms with Gasteiger partial charge in [0.1, 0.15) is 17.5 Å². The van der Waals surface area contributed by atoms with E-state index in [2.05, 4.69) is 15.6 Å². The van der Waals surface area contributed by atoms with Gasteiger partial charge in [0.05, 0.1) is 17.1 Å². The van der Waals surface area contributed by atoms with Crippen LogP contribution in [0, 0.1) is 15.9 Å². The number of hydrogen-bond donors (Lipinski definition) is 2. The molecule has 0 amide bonds. The second-order valence-electron chi connectivity index (χ2n) is 4.52. The molecule has 0 saturated heterocycles. The van der Waals surface area contributed by atoms with E-state index in [1.165, 1.54) is 24.3 Å². The minimum absolute atomic E-state index is 0.0526. The minimum Gasteiger partial charge on any atom is -0.373 e. The number of nitro groups is 1. The van der Waals surface area contributed by atoms with Crippen LogP contribution >= 0.6 is 0 Å². The molecule has 1 aromatic carbocycles. The summed E-state index contributed by atoms with van der Waals surface area (Å²) in [7, 11) is 1.64. The van der Waals surface area contributed by atoms with Gasteiger partial charge in [-0.1, -0.05) is 12.1 Å². The highest BCUT2D eigenvalue weighted by Gasteiger charge is 2.13. The van der Waals surface area contributed by atoms with E-state index >= 15 is 0 Å². The van der Waals surface area contributed by atoms with Crippen molar-refractivity contribution >= 4 is 17.3 Å². The van der Waals surface area contributed by atoms with Gasteiger partial charge in [-0.15, -0.1) is 0 Å². The molecule has 7 heteroatoms. The van der Waals surface area contributed by atoms with E-state index in [-0.39, 0.29) is 17.5 Å². The first kappa shape index (κ1) is 14.7. The lowest BCUT2D eigenvalue weighted by Gasteiger charge is -2.15. The SMILES string of the molecule is CNc1cc([N+](=O)[O-])cc(NC(C)c2ccc(F)cc2)n1. The second kappa shape index (κ2) is 6.17. The van der Waals surface area contributed by atoms with Crippen LogP contribution in [0.15, 0.2) is 36.4 Å². The summed E-state index contributed by atoms with van der Waals surface area (Å²) in [5.41, 5.74) is 0.805. The normalized spacial score (nSPS) is 11.8. The van der Waals surface area contributed by atoms with Crippen LogP contribution in [0.25, 0.3) is 0 Å². The van der Waals surface area contributed by atoms with Gasteiger partial charge in [-0.05, 0) is 24.6 Å². The summed E-state index contributed by atoms with van der Waals surface area (Å²) in [6.07, 6.45) is 0. The molecule has 0 radical (unpaired) electrons. The first-order chi connectivity index (χ1) is 9.99. The molecule has 110 valence electrons. The van der Waals surface area contributed by atoms with Gasteiger partial charge >= 0.3 is 0 Å². The third kappa shape index (κ3) is 3.65. The monoisotopic (exact) mass is 290 g/mol. The maximum atomic E-state index is 12.9. The fraction of sp³-hybridized carbons (Fsp3) is 0.214. The Bertz CT molecular complexity index is 646. The van der Waals surface area contributed by atoms with E-state index in [1.54, 1.807) is 19.2 Å². The average molecular weight is 290 g/mol. The fourth-order valence-electron chi connectivity index (χ4n) is 1.88. The number of nitrogens with zero attached hydrogens (tertiary/aromatic N) is 2. The highest BCUT2D eigenvalue weighted by atomic mass is 19.1. The number of halogens is 1. The zero-order valence-corrected chi connectivity index (χ0v) is 11.6. The predicted octanol–water partition coefficient (Wildman–Crippen LogP) is 3.34. The number of rotatable bonds is 5. The van der Waals surface area contributed by atoms with E-state index in [1.807, 2.05) is 6.92 Å². The number of nitrogens with one attached hydrogen (secondary N) is 2. The Balaban J connectivity index is 2.23. The molecule has 0 aliphatic rings. The summed E-state index contributed by atoms with van der Waals surface area (Å²) in [6.45, 7) is 1.87. The molecule has 2 aromatic rings. The highest BCUT2D eigenvalue weighted by molar-refractivity contribution is 5.55. The number of aromatic nitrogens is 1. The van der Waals surface area contributed by atoms with Crippen molar-refractivity contribution in [2.24, 2.45) is 0 Å². The van der Waals surface area contributed by atoms with Crippen LogP contribution in [0.4, 0.5) is 21.7 Å². The van der Waals surface area contributed by atoms with Crippen LogP contribution in [-0.4, -0.2) is 17.0 Å². The maximum absolute atomic E-state index is 12.9. The molecule has 6 nitrogen and oxygen atoms in total. The Labute approximate surface area is 121 Å². The summed E-state index contributed by atoms with van der Waals surface area (Å²) in [5.74, 6) is 0.472. The molecule has 0 fully saturated rings. The van der Waals surface area contributed by atoms with Gasteiger partial charge in [-0.2, -0.15) is 0 Å². The molecular formula is C14H15FN4O2. The number of benzene rings is 1. The largest absolute Gasteiger partial charge is 0.373 e. The summed E-state index contributed by atoms with van der Waals surface area (Å²) >= 11 is 0. The molecular weight excluding hydrogens is 275 g/mol. The van der Waals surface area contributed by atoms with E-state index in [0.29, 0.717) is 11.6 Å². The molecule has 0 aliphatic carbocycles. The molecule has 0 saturated carbocycles. The van der Waals surface area contributed by atoms with Gasteiger partial charge in [0.25, 0.3) is 5.69 Å². The third-order valence-electron chi connectivity index (χ3n) is 3.01. The minimum atomic E-state index is -0.476. The van der Waals surface area contributed by atoms with Crippen LogP contribution in [0.5, 0.6) is 0 Å². The zero-order valence-electron chi connectivity index (χ0n) is 11.6. The molecule has 0 spiro atoms. The van der Waals surface area contributed by atoms with Crippen LogP contribution < -0.4 is 10.6 Å². The van der Waals surface area contributed by atoms with Crippen molar-refractivity contribution in [1.82, 2.24) is 4.98 Å². The van der Waals surface area contributed by atoms with Crippen molar-refractivity contribution in [3.05, 3.63) is 57.9 Å². The highest BCUT2D eigenvalue weighted by Crippen LogP contribution is 2.24. The topological polar surface area (TPSA) is 80.1 Å². The first-order valence-electron chi connectivity index (χ1n) is 6.36. The maximum Gasteiger partial charge on any atom is 0.276 e. The number of pyridine rings is 1. The van der Waals surface area contributed by atoms with Crippen molar-refractivity contribution in [2.45, 2.75) is 13.0 Å².